The van der Waals surface area contributed by atoms with Gasteiger partial charge in [0.2, 0.25) is 10.0 Å². The Labute approximate surface area is 172 Å². The Bertz CT molecular complexity index is 1200. The number of hydrogen-bond donors (Lipinski definition) is 1. The van der Waals surface area contributed by atoms with E-state index in [1.807, 2.05) is 6.92 Å². The largest absolute Gasteiger partial charge is 0.464 e. The molecule has 10 heteroatoms. The number of fused-ring (bicyclic) bond motifs is 1. The average Bonchev–Trinajstić information content (AvgIpc) is 3.00. The fraction of sp³-hybridized carbons (Fsp3) is 0.263. The summed E-state index contributed by atoms with van der Waals surface area (Å²) in [5.74, 6) is -1.35. The van der Waals surface area contributed by atoms with Gasteiger partial charge in [-0.1, -0.05) is 36.7 Å². The highest BCUT2D eigenvalue weighted by Gasteiger charge is 2.19. The van der Waals surface area contributed by atoms with Gasteiger partial charge in [-0.2, -0.15) is 0 Å². The van der Waals surface area contributed by atoms with Crippen LogP contribution in [0.15, 0.2) is 56.6 Å². The van der Waals surface area contributed by atoms with E-state index in [1.165, 1.54) is 18.2 Å². The topological polar surface area (TPSA) is 108 Å². The van der Waals surface area contributed by atoms with Gasteiger partial charge in [-0.15, -0.1) is 0 Å². The molecule has 0 saturated heterocycles. The monoisotopic (exact) mass is 438 g/mol. The molecule has 1 heterocycles. The van der Waals surface area contributed by atoms with E-state index in [0.717, 1.165) is 4.57 Å². The van der Waals surface area contributed by atoms with Crippen molar-refractivity contribution in [3.05, 3.63) is 63.6 Å². The number of carbonyl (C=O) groups is 1. The Morgan fingerprint density at radius 1 is 1.24 bits per heavy atom. The zero-order valence-electron chi connectivity index (χ0n) is 15.6. The Hall–Kier alpha value is -2.62. The summed E-state index contributed by atoms with van der Waals surface area (Å²) < 4.78 is 38.8. The van der Waals surface area contributed by atoms with Gasteiger partial charge in [0.1, 0.15) is 6.54 Å². The predicted octanol–water partition coefficient (Wildman–Crippen LogP) is 2.68. The Morgan fingerprint density at radius 2 is 2.00 bits per heavy atom. The average molecular weight is 439 g/mol. The first-order valence-corrected chi connectivity index (χ1v) is 10.7. The van der Waals surface area contributed by atoms with E-state index in [9.17, 15) is 18.0 Å². The molecule has 0 fully saturated rings. The molecule has 1 N–H and O–H groups in total. The molecular weight excluding hydrogens is 420 g/mol. The highest BCUT2D eigenvalue weighted by molar-refractivity contribution is 7.89. The number of sulfonamides is 1. The van der Waals surface area contributed by atoms with E-state index in [4.69, 9.17) is 20.8 Å². The van der Waals surface area contributed by atoms with Crippen LogP contribution in [0, 0.1) is 0 Å². The summed E-state index contributed by atoms with van der Waals surface area (Å²) in [5.41, 5.74) is 0.981. The normalized spacial score (nSPS) is 11.7. The molecule has 0 unspecified atom stereocenters. The van der Waals surface area contributed by atoms with Gasteiger partial charge in [0.05, 0.1) is 17.0 Å². The zero-order chi connectivity index (χ0) is 21.0. The summed E-state index contributed by atoms with van der Waals surface area (Å²) >= 11 is 6.05. The summed E-state index contributed by atoms with van der Waals surface area (Å²) in [6.45, 7) is 1.80. The minimum Gasteiger partial charge on any atom is -0.464 e. The van der Waals surface area contributed by atoms with Crippen LogP contribution in [0.4, 0.5) is 0 Å². The van der Waals surface area contributed by atoms with Crippen LogP contribution in [0.25, 0.3) is 11.1 Å². The van der Waals surface area contributed by atoms with E-state index in [2.05, 4.69) is 4.72 Å². The predicted molar refractivity (Wildman–Crippen MR) is 107 cm³/mol. The lowest BCUT2D eigenvalue weighted by atomic mass is 10.2. The zero-order valence-corrected chi connectivity index (χ0v) is 17.1. The molecule has 1 aromatic heterocycles. The standard InChI is InChI=1S/C19H19ClN2O6S/c1-2-9-27-18(23)12-22-16-8-7-14(10-17(16)28-19(22)24)29(25,26)21-11-13-5-3-4-6-15(13)20/h3-8,10,21H,2,9,11-12H2,1H3. The first-order valence-electron chi connectivity index (χ1n) is 8.84. The van der Waals surface area contributed by atoms with Crippen molar-refractivity contribution in [1.82, 2.24) is 9.29 Å². The number of esters is 1. The molecule has 0 bridgehead atoms. The lowest BCUT2D eigenvalue weighted by Gasteiger charge is -2.08. The van der Waals surface area contributed by atoms with Crippen molar-refractivity contribution >= 4 is 38.7 Å². The molecule has 0 aliphatic rings. The van der Waals surface area contributed by atoms with Gasteiger partial charge >= 0.3 is 11.7 Å². The molecule has 154 valence electrons. The van der Waals surface area contributed by atoms with Crippen LogP contribution in [0.3, 0.4) is 0 Å². The number of nitrogens with one attached hydrogen (secondary N) is 1. The van der Waals surface area contributed by atoms with Crippen LogP contribution in [0.2, 0.25) is 5.02 Å². The number of rotatable bonds is 8. The van der Waals surface area contributed by atoms with Gasteiger partial charge in [0.15, 0.2) is 5.58 Å². The summed E-state index contributed by atoms with van der Waals surface area (Å²) in [7, 11) is -3.88. The van der Waals surface area contributed by atoms with Crippen LogP contribution in [-0.2, 0) is 32.6 Å². The number of hydrogen-bond acceptors (Lipinski definition) is 6. The molecule has 3 rings (SSSR count). The molecule has 0 atom stereocenters. The Morgan fingerprint density at radius 3 is 2.72 bits per heavy atom. The minimum atomic E-state index is -3.88. The van der Waals surface area contributed by atoms with Gasteiger partial charge in [0.25, 0.3) is 0 Å². The van der Waals surface area contributed by atoms with Crippen LogP contribution in [0.1, 0.15) is 18.9 Å². The molecule has 0 aliphatic carbocycles. The van der Waals surface area contributed by atoms with Gasteiger partial charge in [-0.25, -0.2) is 17.9 Å². The number of carbonyl (C=O) groups excluding carboxylic acids is 1. The minimum absolute atomic E-state index is 0.00821. The molecule has 0 spiro atoms. The molecule has 8 nitrogen and oxygen atoms in total. The molecule has 0 saturated carbocycles. The highest BCUT2D eigenvalue weighted by atomic mass is 35.5. The first kappa shape index (κ1) is 21.1. The molecule has 0 amide bonds. The summed E-state index contributed by atoms with van der Waals surface area (Å²) in [6, 6.07) is 10.9. The van der Waals surface area contributed by atoms with E-state index in [1.54, 1.807) is 24.3 Å². The maximum atomic E-state index is 12.6. The molecule has 2 aromatic carbocycles. The maximum Gasteiger partial charge on any atom is 0.420 e. The number of oxazole rings is 1. The van der Waals surface area contributed by atoms with Crippen LogP contribution >= 0.6 is 11.6 Å². The van der Waals surface area contributed by atoms with Crippen molar-refractivity contribution in [2.75, 3.05) is 6.61 Å². The van der Waals surface area contributed by atoms with Crippen molar-refractivity contribution < 1.29 is 22.4 Å². The number of halogens is 1. The third-order valence-corrected chi connectivity index (χ3v) is 5.88. The Balaban J connectivity index is 1.83. The van der Waals surface area contributed by atoms with Gasteiger partial charge in [-0.3, -0.25) is 9.36 Å². The molecule has 0 radical (unpaired) electrons. The van der Waals surface area contributed by atoms with Crippen LogP contribution in [-0.4, -0.2) is 25.6 Å². The summed E-state index contributed by atoms with van der Waals surface area (Å²) in [6.07, 6.45) is 0.662. The van der Waals surface area contributed by atoms with E-state index < -0.39 is 21.7 Å². The van der Waals surface area contributed by atoms with Gasteiger partial charge in [-0.05, 0) is 30.2 Å². The lowest BCUT2D eigenvalue weighted by molar-refractivity contribution is -0.144. The molecule has 29 heavy (non-hydrogen) atoms. The van der Waals surface area contributed by atoms with E-state index in [0.29, 0.717) is 22.5 Å². The third kappa shape index (κ3) is 4.87. The second-order valence-electron chi connectivity index (χ2n) is 6.22. The van der Waals surface area contributed by atoms with Crippen LogP contribution < -0.4 is 10.5 Å². The first-order chi connectivity index (χ1) is 13.8. The van der Waals surface area contributed by atoms with Gasteiger partial charge < -0.3 is 9.15 Å². The van der Waals surface area contributed by atoms with E-state index in [-0.39, 0.29) is 30.2 Å². The molecule has 0 aliphatic heterocycles. The Kier molecular flexibility index (Phi) is 6.41. The number of aromatic nitrogens is 1. The van der Waals surface area contributed by atoms with Crippen molar-refractivity contribution in [3.63, 3.8) is 0 Å². The number of benzene rings is 2. The van der Waals surface area contributed by atoms with Crippen molar-refractivity contribution in [2.45, 2.75) is 31.3 Å². The summed E-state index contributed by atoms with van der Waals surface area (Å²) in [5, 5.41) is 0.448. The quantitative estimate of drug-likeness (QED) is 0.542. The SMILES string of the molecule is CCCOC(=O)Cn1c(=O)oc2cc(S(=O)(=O)NCc3ccccc3Cl)ccc21. The summed E-state index contributed by atoms with van der Waals surface area (Å²) in [4.78, 5) is 23.8. The van der Waals surface area contributed by atoms with Crippen molar-refractivity contribution in [2.24, 2.45) is 0 Å². The number of nitrogens with zero attached hydrogens (tertiary/aromatic N) is 1. The third-order valence-electron chi connectivity index (χ3n) is 4.11. The number of ether oxygens (including phenoxy) is 1. The second kappa shape index (κ2) is 8.81. The van der Waals surface area contributed by atoms with Crippen molar-refractivity contribution in [3.8, 4) is 0 Å². The maximum absolute atomic E-state index is 12.6. The molecule has 3 aromatic rings. The highest BCUT2D eigenvalue weighted by Crippen LogP contribution is 2.20. The van der Waals surface area contributed by atoms with Crippen molar-refractivity contribution in [1.29, 1.82) is 0 Å². The molecular formula is C19H19ClN2O6S. The fourth-order valence-corrected chi connectivity index (χ4v) is 3.88. The van der Waals surface area contributed by atoms with Crippen LogP contribution in [0.5, 0.6) is 0 Å². The fourth-order valence-electron chi connectivity index (χ4n) is 2.65. The smallest absolute Gasteiger partial charge is 0.420 e. The second-order valence-corrected chi connectivity index (χ2v) is 8.39. The lowest BCUT2D eigenvalue weighted by Crippen LogP contribution is -2.23. The van der Waals surface area contributed by atoms with E-state index >= 15 is 0 Å². The van der Waals surface area contributed by atoms with Gasteiger partial charge in [0, 0.05) is 17.6 Å².